The van der Waals surface area contributed by atoms with Gasteiger partial charge in [-0.05, 0) is 48.4 Å². The van der Waals surface area contributed by atoms with Gasteiger partial charge in [-0.3, -0.25) is 14.8 Å². The number of nitrogens with one attached hydrogen (secondary N) is 1. The summed E-state index contributed by atoms with van der Waals surface area (Å²) in [6, 6.07) is 6.01. The molecule has 1 amide bonds. The van der Waals surface area contributed by atoms with Crippen LogP contribution in [0.4, 0.5) is 0 Å². The third-order valence-electron chi connectivity index (χ3n) is 6.15. The third kappa shape index (κ3) is 5.21. The monoisotopic (exact) mass is 402 g/mol. The van der Waals surface area contributed by atoms with Gasteiger partial charge in [-0.15, -0.1) is 12.4 Å². The number of fused-ring (bicyclic) bond motifs is 1. The Kier molecular flexibility index (Phi) is 7.63. The van der Waals surface area contributed by atoms with Crippen molar-refractivity contribution in [3.05, 3.63) is 36.2 Å². The first-order valence-electron chi connectivity index (χ1n) is 10.5. The Hall–Kier alpha value is -1.72. The van der Waals surface area contributed by atoms with Crippen LogP contribution in [0.15, 0.2) is 30.6 Å². The maximum Gasteiger partial charge on any atom is 0.222 e. The number of carbonyl (C=O) groups is 1. The number of hydrogen-bond acceptors (Lipinski definition) is 4. The van der Waals surface area contributed by atoms with Crippen LogP contribution in [0.5, 0.6) is 0 Å². The molecule has 0 bridgehead atoms. The summed E-state index contributed by atoms with van der Waals surface area (Å²) in [7, 11) is 0. The standard InChI is InChI=1S/C22H30N4O.ClH/c27-21(8-7-17-4-1-2-5-17)26-13-12-23-15-18(16-26)14-19-9-11-24-20-6-3-10-25-22(19)20;/h3,6,9-11,17-18,23H,1-2,4-5,7-8,12-16H2;1H. The van der Waals surface area contributed by atoms with Crippen molar-refractivity contribution in [1.82, 2.24) is 20.2 Å². The smallest absolute Gasteiger partial charge is 0.222 e. The fourth-order valence-corrected chi connectivity index (χ4v) is 4.65. The fraction of sp³-hybridized carbons (Fsp3) is 0.591. The minimum atomic E-state index is 0. The summed E-state index contributed by atoms with van der Waals surface area (Å²) >= 11 is 0. The molecule has 0 spiro atoms. The lowest BCUT2D eigenvalue weighted by molar-refractivity contribution is -0.131. The number of halogens is 1. The highest BCUT2D eigenvalue weighted by Crippen LogP contribution is 2.29. The molecule has 3 heterocycles. The van der Waals surface area contributed by atoms with E-state index in [9.17, 15) is 4.79 Å². The van der Waals surface area contributed by atoms with Crippen molar-refractivity contribution in [2.45, 2.75) is 44.9 Å². The van der Waals surface area contributed by atoms with Crippen LogP contribution in [0.3, 0.4) is 0 Å². The topological polar surface area (TPSA) is 58.1 Å². The molecule has 1 aliphatic carbocycles. The molecule has 28 heavy (non-hydrogen) atoms. The van der Waals surface area contributed by atoms with Gasteiger partial charge in [-0.25, -0.2) is 0 Å². The van der Waals surface area contributed by atoms with Crippen LogP contribution in [0.2, 0.25) is 0 Å². The van der Waals surface area contributed by atoms with Crippen LogP contribution in [0.25, 0.3) is 11.0 Å². The van der Waals surface area contributed by atoms with Gasteiger partial charge in [-0.2, -0.15) is 0 Å². The molecule has 1 atom stereocenters. The van der Waals surface area contributed by atoms with Crippen LogP contribution >= 0.6 is 12.4 Å². The normalized spacial score (nSPS) is 20.7. The molecule has 1 N–H and O–H groups in total. The maximum atomic E-state index is 12.8. The van der Waals surface area contributed by atoms with E-state index in [0.29, 0.717) is 11.8 Å². The molecule has 0 aromatic carbocycles. The summed E-state index contributed by atoms with van der Waals surface area (Å²) in [6.45, 7) is 3.51. The molecular formula is C22H31ClN4O. The maximum absolute atomic E-state index is 12.8. The molecule has 2 fully saturated rings. The average Bonchev–Trinajstić information content (AvgIpc) is 3.11. The van der Waals surface area contributed by atoms with E-state index in [2.05, 4.69) is 26.3 Å². The highest BCUT2D eigenvalue weighted by Gasteiger charge is 2.24. The van der Waals surface area contributed by atoms with E-state index in [1.54, 1.807) is 0 Å². The van der Waals surface area contributed by atoms with Crippen molar-refractivity contribution in [1.29, 1.82) is 0 Å². The first-order chi connectivity index (χ1) is 13.3. The lowest BCUT2D eigenvalue weighted by atomic mass is 9.97. The first-order valence-corrected chi connectivity index (χ1v) is 10.5. The quantitative estimate of drug-likeness (QED) is 0.829. The van der Waals surface area contributed by atoms with E-state index in [4.69, 9.17) is 0 Å². The van der Waals surface area contributed by atoms with Crippen molar-refractivity contribution in [3.63, 3.8) is 0 Å². The molecule has 6 heteroatoms. The number of hydrogen-bond donors (Lipinski definition) is 1. The van der Waals surface area contributed by atoms with Crippen LogP contribution < -0.4 is 5.32 Å². The molecule has 2 aromatic rings. The second-order valence-corrected chi connectivity index (χ2v) is 8.14. The van der Waals surface area contributed by atoms with Crippen molar-refractivity contribution >= 4 is 29.3 Å². The van der Waals surface area contributed by atoms with E-state index in [-0.39, 0.29) is 12.4 Å². The van der Waals surface area contributed by atoms with Crippen LogP contribution in [0, 0.1) is 11.8 Å². The molecule has 1 aliphatic heterocycles. The Labute approximate surface area is 173 Å². The zero-order chi connectivity index (χ0) is 18.5. The van der Waals surface area contributed by atoms with Gasteiger partial charge < -0.3 is 10.2 Å². The van der Waals surface area contributed by atoms with E-state index >= 15 is 0 Å². The molecule has 0 radical (unpaired) electrons. The number of nitrogens with zero attached hydrogens (tertiary/aromatic N) is 3. The third-order valence-corrected chi connectivity index (χ3v) is 6.15. The number of aromatic nitrogens is 2. The second-order valence-electron chi connectivity index (χ2n) is 8.14. The van der Waals surface area contributed by atoms with Crippen LogP contribution in [-0.2, 0) is 11.2 Å². The zero-order valence-electron chi connectivity index (χ0n) is 16.5. The first kappa shape index (κ1) is 21.0. The SMILES string of the molecule is Cl.O=C(CCC1CCCC1)N1CCNCC(Cc2ccnc3cccnc23)C1. The highest BCUT2D eigenvalue weighted by molar-refractivity contribution is 5.85. The number of rotatable bonds is 5. The molecule has 1 saturated carbocycles. The van der Waals surface area contributed by atoms with E-state index < -0.39 is 0 Å². The highest BCUT2D eigenvalue weighted by atomic mass is 35.5. The second kappa shape index (κ2) is 10.2. The lowest BCUT2D eigenvalue weighted by Crippen LogP contribution is -2.36. The Balaban J connectivity index is 0.00000225. The van der Waals surface area contributed by atoms with Crippen LogP contribution in [0.1, 0.15) is 44.1 Å². The molecule has 1 unspecified atom stereocenters. The Morgan fingerprint density at radius 2 is 2.00 bits per heavy atom. The minimum absolute atomic E-state index is 0. The molecule has 4 rings (SSSR count). The van der Waals surface area contributed by atoms with Gasteiger partial charge in [0.25, 0.3) is 0 Å². The lowest BCUT2D eigenvalue weighted by Gasteiger charge is -2.25. The van der Waals surface area contributed by atoms with E-state index in [1.807, 2.05) is 24.5 Å². The largest absolute Gasteiger partial charge is 0.341 e. The van der Waals surface area contributed by atoms with Crippen molar-refractivity contribution < 1.29 is 4.79 Å². The average molecular weight is 403 g/mol. The predicted molar refractivity (Wildman–Crippen MR) is 115 cm³/mol. The molecule has 1 saturated heterocycles. The summed E-state index contributed by atoms with van der Waals surface area (Å²) in [5.74, 6) is 1.54. The van der Waals surface area contributed by atoms with Crippen LogP contribution in [-0.4, -0.2) is 47.0 Å². The van der Waals surface area contributed by atoms with E-state index in [1.165, 1.54) is 31.2 Å². The van der Waals surface area contributed by atoms with Crippen molar-refractivity contribution in [2.24, 2.45) is 11.8 Å². The fourth-order valence-electron chi connectivity index (χ4n) is 4.65. The Morgan fingerprint density at radius 1 is 1.14 bits per heavy atom. The molecule has 152 valence electrons. The van der Waals surface area contributed by atoms with Gasteiger partial charge in [0, 0.05) is 45.0 Å². The van der Waals surface area contributed by atoms with Crippen molar-refractivity contribution in [2.75, 3.05) is 26.2 Å². The van der Waals surface area contributed by atoms with Gasteiger partial charge >= 0.3 is 0 Å². The molecule has 2 aliphatic rings. The van der Waals surface area contributed by atoms with Gasteiger partial charge in [0.2, 0.25) is 5.91 Å². The van der Waals surface area contributed by atoms with Gasteiger partial charge in [0.05, 0.1) is 11.0 Å². The minimum Gasteiger partial charge on any atom is -0.341 e. The van der Waals surface area contributed by atoms with Gasteiger partial charge in [0.1, 0.15) is 0 Å². The van der Waals surface area contributed by atoms with Gasteiger partial charge in [-0.1, -0.05) is 25.7 Å². The number of carbonyl (C=O) groups excluding carboxylic acids is 1. The van der Waals surface area contributed by atoms with E-state index in [0.717, 1.165) is 62.4 Å². The number of amides is 1. The Morgan fingerprint density at radius 3 is 2.86 bits per heavy atom. The zero-order valence-corrected chi connectivity index (χ0v) is 17.3. The summed E-state index contributed by atoms with van der Waals surface area (Å²) < 4.78 is 0. The summed E-state index contributed by atoms with van der Waals surface area (Å²) in [5.41, 5.74) is 3.16. The Bertz CT molecular complexity index is 773. The summed E-state index contributed by atoms with van der Waals surface area (Å²) in [4.78, 5) is 23.8. The molecule has 5 nitrogen and oxygen atoms in total. The van der Waals surface area contributed by atoms with Gasteiger partial charge in [0.15, 0.2) is 0 Å². The molecule has 2 aromatic heterocycles. The predicted octanol–water partition coefficient (Wildman–Crippen LogP) is 3.61. The molecular weight excluding hydrogens is 372 g/mol. The number of pyridine rings is 2. The van der Waals surface area contributed by atoms with Crippen molar-refractivity contribution in [3.8, 4) is 0 Å². The summed E-state index contributed by atoms with van der Waals surface area (Å²) in [5, 5.41) is 3.52. The summed E-state index contributed by atoms with van der Waals surface area (Å²) in [6.07, 6.45) is 11.8.